The van der Waals surface area contributed by atoms with Crippen LogP contribution in [0.3, 0.4) is 0 Å². The van der Waals surface area contributed by atoms with E-state index in [-0.39, 0.29) is 5.91 Å². The molecule has 0 saturated heterocycles. The van der Waals surface area contributed by atoms with Gasteiger partial charge in [0.1, 0.15) is 0 Å². The van der Waals surface area contributed by atoms with Gasteiger partial charge in [-0.25, -0.2) is 0 Å². The van der Waals surface area contributed by atoms with Gasteiger partial charge in [0.15, 0.2) is 0 Å². The minimum absolute atomic E-state index is 0.109. The van der Waals surface area contributed by atoms with Crippen molar-refractivity contribution in [3.63, 3.8) is 0 Å². The van der Waals surface area contributed by atoms with Gasteiger partial charge in [0.25, 0.3) is 5.91 Å². The summed E-state index contributed by atoms with van der Waals surface area (Å²) in [4.78, 5) is 12.5. The maximum atomic E-state index is 11.9. The fourth-order valence-electron chi connectivity index (χ4n) is 1.64. The number of carbonyl (C=O) groups is 1. The van der Waals surface area contributed by atoms with Crippen molar-refractivity contribution in [2.45, 2.75) is 19.3 Å². The first-order valence-corrected chi connectivity index (χ1v) is 6.77. The second-order valence-electron chi connectivity index (χ2n) is 4.75. The summed E-state index contributed by atoms with van der Waals surface area (Å²) in [5, 5.41) is 13.8. The molecule has 0 aliphatic carbocycles. The summed E-state index contributed by atoms with van der Waals surface area (Å²) in [6.07, 6.45) is 0. The van der Waals surface area contributed by atoms with E-state index in [0.717, 1.165) is 11.3 Å². The standard InChI is InChI=1S/C15H14N2OS/c1-15(2,10-16)11-5-7-12(8-6-11)17-14(18)13-4-3-9-19-13/h3-9H,1-2H3,(H,17,18). The number of hydrogen-bond donors (Lipinski definition) is 1. The molecule has 0 bridgehead atoms. The first-order valence-electron chi connectivity index (χ1n) is 5.89. The fourth-order valence-corrected chi connectivity index (χ4v) is 2.25. The number of nitrogens with zero attached hydrogens (tertiary/aromatic N) is 1. The molecule has 1 amide bonds. The maximum absolute atomic E-state index is 11.9. The third kappa shape index (κ3) is 3.01. The number of amides is 1. The van der Waals surface area contributed by atoms with E-state index in [0.29, 0.717) is 4.88 Å². The third-order valence-electron chi connectivity index (χ3n) is 2.89. The molecule has 3 nitrogen and oxygen atoms in total. The average molecular weight is 270 g/mol. The van der Waals surface area contributed by atoms with Crippen LogP contribution in [0, 0.1) is 11.3 Å². The van der Waals surface area contributed by atoms with E-state index in [1.165, 1.54) is 11.3 Å². The van der Waals surface area contributed by atoms with Gasteiger partial charge in [0, 0.05) is 5.69 Å². The SMILES string of the molecule is CC(C)(C#N)c1ccc(NC(=O)c2cccs2)cc1. The van der Waals surface area contributed by atoms with Crippen molar-refractivity contribution in [1.29, 1.82) is 5.26 Å². The number of rotatable bonds is 3. The summed E-state index contributed by atoms with van der Waals surface area (Å²) in [7, 11) is 0. The number of nitriles is 1. The zero-order valence-electron chi connectivity index (χ0n) is 10.8. The summed E-state index contributed by atoms with van der Waals surface area (Å²) in [5.74, 6) is -0.109. The first-order chi connectivity index (χ1) is 9.03. The molecule has 4 heteroatoms. The van der Waals surface area contributed by atoms with Crippen LogP contribution in [0.2, 0.25) is 0 Å². The Hall–Kier alpha value is -2.12. The zero-order chi connectivity index (χ0) is 13.9. The molecule has 1 aromatic heterocycles. The molecule has 2 rings (SSSR count). The Kier molecular flexibility index (Phi) is 3.68. The van der Waals surface area contributed by atoms with E-state index < -0.39 is 5.41 Å². The molecule has 19 heavy (non-hydrogen) atoms. The Labute approximate surface area is 116 Å². The van der Waals surface area contributed by atoms with E-state index in [4.69, 9.17) is 5.26 Å². The van der Waals surface area contributed by atoms with Crippen molar-refractivity contribution >= 4 is 22.9 Å². The lowest BCUT2D eigenvalue weighted by atomic mass is 9.86. The molecule has 1 heterocycles. The van der Waals surface area contributed by atoms with Gasteiger partial charge >= 0.3 is 0 Å². The fraction of sp³-hybridized carbons (Fsp3) is 0.200. The number of thiophene rings is 1. The van der Waals surface area contributed by atoms with Gasteiger partial charge in [-0.1, -0.05) is 18.2 Å². The molecule has 2 aromatic rings. The highest BCUT2D eigenvalue weighted by Gasteiger charge is 2.19. The van der Waals surface area contributed by atoms with Crippen molar-refractivity contribution < 1.29 is 4.79 Å². The van der Waals surface area contributed by atoms with Crippen molar-refractivity contribution in [2.75, 3.05) is 5.32 Å². The van der Waals surface area contributed by atoms with Crippen LogP contribution in [-0.4, -0.2) is 5.91 Å². The number of benzene rings is 1. The van der Waals surface area contributed by atoms with Crippen LogP contribution < -0.4 is 5.32 Å². The zero-order valence-corrected chi connectivity index (χ0v) is 11.6. The maximum Gasteiger partial charge on any atom is 0.265 e. The molecule has 0 aliphatic rings. The molecule has 0 spiro atoms. The van der Waals surface area contributed by atoms with Crippen molar-refractivity contribution in [2.24, 2.45) is 0 Å². The van der Waals surface area contributed by atoms with Gasteiger partial charge in [-0.2, -0.15) is 5.26 Å². The Morgan fingerprint density at radius 1 is 1.26 bits per heavy atom. The van der Waals surface area contributed by atoms with Crippen molar-refractivity contribution in [3.8, 4) is 6.07 Å². The molecule has 0 atom stereocenters. The molecule has 0 radical (unpaired) electrons. The molecule has 1 aromatic carbocycles. The largest absolute Gasteiger partial charge is 0.321 e. The van der Waals surface area contributed by atoms with Crippen LogP contribution in [0.25, 0.3) is 0 Å². The van der Waals surface area contributed by atoms with Crippen LogP contribution in [0.15, 0.2) is 41.8 Å². The van der Waals surface area contributed by atoms with Crippen molar-refractivity contribution in [3.05, 3.63) is 52.2 Å². The second-order valence-corrected chi connectivity index (χ2v) is 5.69. The van der Waals surface area contributed by atoms with E-state index in [1.54, 1.807) is 6.07 Å². The van der Waals surface area contributed by atoms with Crippen LogP contribution in [0.4, 0.5) is 5.69 Å². The van der Waals surface area contributed by atoms with E-state index in [1.807, 2.05) is 49.6 Å². The van der Waals surface area contributed by atoms with Crippen molar-refractivity contribution in [1.82, 2.24) is 0 Å². The lowest BCUT2D eigenvalue weighted by molar-refractivity contribution is 0.103. The number of anilines is 1. The van der Waals surface area contributed by atoms with E-state index in [9.17, 15) is 4.79 Å². The molecular weight excluding hydrogens is 256 g/mol. The Morgan fingerprint density at radius 2 is 1.95 bits per heavy atom. The predicted molar refractivity (Wildman–Crippen MR) is 77.4 cm³/mol. The second kappa shape index (κ2) is 5.25. The minimum atomic E-state index is -0.518. The summed E-state index contributed by atoms with van der Waals surface area (Å²) in [6, 6.07) is 13.3. The highest BCUT2D eigenvalue weighted by molar-refractivity contribution is 7.12. The van der Waals surface area contributed by atoms with Crippen LogP contribution in [-0.2, 0) is 5.41 Å². The summed E-state index contributed by atoms with van der Waals surface area (Å²) in [6.45, 7) is 3.73. The van der Waals surface area contributed by atoms with Gasteiger partial charge in [0.2, 0.25) is 0 Å². The summed E-state index contributed by atoms with van der Waals surface area (Å²) in [5.41, 5.74) is 1.15. The molecule has 96 valence electrons. The average Bonchev–Trinajstić information content (AvgIpc) is 2.93. The minimum Gasteiger partial charge on any atom is -0.321 e. The van der Waals surface area contributed by atoms with Crippen LogP contribution in [0.1, 0.15) is 29.1 Å². The highest BCUT2D eigenvalue weighted by Crippen LogP contribution is 2.23. The lowest BCUT2D eigenvalue weighted by Crippen LogP contribution is -2.14. The van der Waals surface area contributed by atoms with Gasteiger partial charge < -0.3 is 5.32 Å². The number of hydrogen-bond acceptors (Lipinski definition) is 3. The van der Waals surface area contributed by atoms with Gasteiger partial charge in [-0.15, -0.1) is 11.3 Å². The smallest absolute Gasteiger partial charge is 0.265 e. The Morgan fingerprint density at radius 3 is 2.47 bits per heavy atom. The van der Waals surface area contributed by atoms with E-state index >= 15 is 0 Å². The van der Waals surface area contributed by atoms with Gasteiger partial charge in [-0.3, -0.25) is 4.79 Å². The topological polar surface area (TPSA) is 52.9 Å². The molecule has 1 N–H and O–H groups in total. The Balaban J connectivity index is 2.12. The lowest BCUT2D eigenvalue weighted by Gasteiger charge is -2.16. The number of carbonyl (C=O) groups excluding carboxylic acids is 1. The summed E-state index contributed by atoms with van der Waals surface area (Å²) >= 11 is 1.41. The monoisotopic (exact) mass is 270 g/mol. The summed E-state index contributed by atoms with van der Waals surface area (Å²) < 4.78 is 0. The normalized spacial score (nSPS) is 10.8. The molecule has 0 fully saturated rings. The quantitative estimate of drug-likeness (QED) is 0.922. The van der Waals surface area contributed by atoms with Gasteiger partial charge in [0.05, 0.1) is 16.4 Å². The van der Waals surface area contributed by atoms with E-state index in [2.05, 4.69) is 11.4 Å². The van der Waals surface area contributed by atoms with Crippen LogP contribution in [0.5, 0.6) is 0 Å². The highest BCUT2D eigenvalue weighted by atomic mass is 32.1. The molecule has 0 unspecified atom stereocenters. The number of nitrogens with one attached hydrogen (secondary N) is 1. The van der Waals surface area contributed by atoms with Crippen LogP contribution >= 0.6 is 11.3 Å². The third-order valence-corrected chi connectivity index (χ3v) is 3.76. The van der Waals surface area contributed by atoms with Gasteiger partial charge in [-0.05, 0) is 43.0 Å². The Bertz CT molecular complexity index is 607. The molecular formula is C15H14N2OS. The first kappa shape index (κ1) is 13.3. The molecule has 0 aliphatic heterocycles. The predicted octanol–water partition coefficient (Wildman–Crippen LogP) is 3.80. The molecule has 0 saturated carbocycles.